The van der Waals surface area contributed by atoms with Crippen LogP contribution >= 0.6 is 22.6 Å². The Balaban J connectivity index is 1.96. The van der Waals surface area contributed by atoms with Crippen molar-refractivity contribution in [3.63, 3.8) is 0 Å². The molecule has 1 spiro atoms. The first-order chi connectivity index (χ1) is 14.6. The predicted molar refractivity (Wildman–Crippen MR) is 128 cm³/mol. The number of aliphatic hydroxyl groups is 1. The first-order valence-corrected chi connectivity index (χ1v) is 14.9. The van der Waals surface area contributed by atoms with Crippen LogP contribution in [0.25, 0.3) is 0 Å². The van der Waals surface area contributed by atoms with Gasteiger partial charge in [-0.2, -0.15) is 0 Å². The van der Waals surface area contributed by atoms with Gasteiger partial charge in [-0.3, -0.25) is 9.59 Å². The molecule has 1 aromatic rings. The molecule has 7 nitrogen and oxygen atoms in total. The maximum atomic E-state index is 13.9. The molecular formula is C22H32INO6Si. The number of halogens is 1. The molecule has 9 heteroatoms. The molecular weight excluding hydrogens is 529 g/mol. The van der Waals surface area contributed by atoms with Gasteiger partial charge in [0.25, 0.3) is 5.91 Å². The molecule has 2 N–H and O–H groups in total. The van der Waals surface area contributed by atoms with Crippen molar-refractivity contribution in [3.05, 3.63) is 27.3 Å². The number of rotatable bonds is 8. The van der Waals surface area contributed by atoms with E-state index in [4.69, 9.17) is 9.47 Å². The van der Waals surface area contributed by atoms with Crippen LogP contribution in [0.2, 0.25) is 18.6 Å². The van der Waals surface area contributed by atoms with Gasteiger partial charge < -0.3 is 24.3 Å². The normalized spacial score (nSPS) is 27.8. The molecule has 0 aliphatic carbocycles. The summed E-state index contributed by atoms with van der Waals surface area (Å²) in [6.07, 6.45) is 1.63. The summed E-state index contributed by atoms with van der Waals surface area (Å²) >= 11 is 2.24. The molecule has 4 atom stereocenters. The van der Waals surface area contributed by atoms with Crippen LogP contribution in [0.5, 0.6) is 0 Å². The Labute approximate surface area is 198 Å². The van der Waals surface area contributed by atoms with E-state index in [1.54, 1.807) is 4.90 Å². The van der Waals surface area contributed by atoms with Crippen LogP contribution in [0.15, 0.2) is 18.2 Å². The Morgan fingerprint density at radius 1 is 1.35 bits per heavy atom. The van der Waals surface area contributed by atoms with Gasteiger partial charge in [0, 0.05) is 40.2 Å². The van der Waals surface area contributed by atoms with Crippen LogP contribution in [0.3, 0.4) is 0 Å². The molecule has 2 aliphatic rings. The number of hydrogen-bond donors (Lipinski definition) is 2. The highest BCUT2D eigenvalue weighted by Crippen LogP contribution is 2.59. The van der Waals surface area contributed by atoms with Gasteiger partial charge in [0.15, 0.2) is 13.9 Å². The summed E-state index contributed by atoms with van der Waals surface area (Å²) < 4.78 is 12.2. The van der Waals surface area contributed by atoms with Gasteiger partial charge in [-0.25, -0.2) is 0 Å². The van der Waals surface area contributed by atoms with Crippen molar-refractivity contribution in [2.45, 2.75) is 62.9 Å². The fraction of sp³-hybridized carbons (Fsp3) is 0.636. The minimum Gasteiger partial charge on any atom is -0.469 e. The van der Waals surface area contributed by atoms with Gasteiger partial charge in [-0.15, -0.1) is 0 Å². The van der Waals surface area contributed by atoms with Gasteiger partial charge in [-0.05, 0) is 73.1 Å². The van der Waals surface area contributed by atoms with Crippen molar-refractivity contribution in [1.82, 2.24) is 0 Å². The van der Waals surface area contributed by atoms with E-state index in [2.05, 4.69) is 22.6 Å². The average molecular weight is 561 g/mol. The largest absolute Gasteiger partial charge is 0.469 e. The van der Waals surface area contributed by atoms with Crippen molar-refractivity contribution in [2.75, 3.05) is 25.2 Å². The molecule has 1 aromatic carbocycles. The van der Waals surface area contributed by atoms with E-state index in [0.29, 0.717) is 32.2 Å². The third kappa shape index (κ3) is 4.44. The second-order valence-electron chi connectivity index (χ2n) is 9.02. The number of unbranched alkanes of at least 4 members (excludes halogenated alkanes) is 1. The van der Waals surface area contributed by atoms with Gasteiger partial charge in [-0.1, -0.05) is 6.92 Å². The average Bonchev–Trinajstić information content (AvgIpc) is 3.12. The molecule has 3 rings (SSSR count). The van der Waals surface area contributed by atoms with Crippen LogP contribution in [0, 0.1) is 9.49 Å². The summed E-state index contributed by atoms with van der Waals surface area (Å²) in [5.74, 6) is -0.587. The van der Waals surface area contributed by atoms with Gasteiger partial charge in [0.1, 0.15) is 0 Å². The summed E-state index contributed by atoms with van der Waals surface area (Å²) in [7, 11) is -1.30. The van der Waals surface area contributed by atoms with Crippen molar-refractivity contribution in [2.24, 2.45) is 5.92 Å². The fourth-order valence-corrected chi connectivity index (χ4v) is 8.40. The van der Waals surface area contributed by atoms with Crippen LogP contribution < -0.4 is 4.90 Å². The van der Waals surface area contributed by atoms with Crippen LogP contribution in [0.1, 0.15) is 38.2 Å². The summed E-state index contributed by atoms with van der Waals surface area (Å²) in [6, 6.07) is 5.93. The third-order valence-electron chi connectivity index (χ3n) is 6.60. The molecule has 2 heterocycles. The molecule has 2 aliphatic heterocycles. The van der Waals surface area contributed by atoms with E-state index in [1.807, 2.05) is 38.2 Å². The second kappa shape index (κ2) is 9.46. The van der Waals surface area contributed by atoms with Crippen molar-refractivity contribution in [3.8, 4) is 0 Å². The lowest BCUT2D eigenvalue weighted by molar-refractivity contribution is -0.146. The molecule has 1 fully saturated rings. The highest BCUT2D eigenvalue weighted by molar-refractivity contribution is 14.1. The number of benzene rings is 1. The lowest BCUT2D eigenvalue weighted by Gasteiger charge is -2.32. The minimum absolute atomic E-state index is 0.0565. The maximum absolute atomic E-state index is 13.9. The molecule has 0 unspecified atom stereocenters. The zero-order chi connectivity index (χ0) is 23.0. The Morgan fingerprint density at radius 2 is 2.06 bits per heavy atom. The van der Waals surface area contributed by atoms with E-state index in [9.17, 15) is 19.5 Å². The van der Waals surface area contributed by atoms with Crippen LogP contribution in [0.4, 0.5) is 5.69 Å². The molecule has 0 saturated carbocycles. The van der Waals surface area contributed by atoms with E-state index < -0.39 is 13.9 Å². The van der Waals surface area contributed by atoms with Crippen LogP contribution in [-0.2, 0) is 24.7 Å². The molecule has 1 saturated heterocycles. The number of anilines is 1. The maximum Gasteiger partial charge on any atom is 0.305 e. The highest BCUT2D eigenvalue weighted by atomic mass is 127. The zero-order valence-electron chi connectivity index (χ0n) is 18.6. The van der Waals surface area contributed by atoms with Crippen molar-refractivity contribution < 1.29 is 29.0 Å². The summed E-state index contributed by atoms with van der Waals surface area (Å²) in [5, 5.41) is 9.61. The standard InChI is InChI=1S/C22H32INO6Si/c1-14-20(31(3,4)28)18(10-12-25)30-22(14)16-13-15(23)8-9-17(16)24(21(22)27)11-6-5-7-19(26)29-2/h8-9,13-14,18,20,25,28H,5-7,10-12H2,1-4H3/t14-,18+,20-,22+/m1/s1. The number of fused-ring (bicyclic) bond motifs is 2. The van der Waals surface area contributed by atoms with Crippen molar-refractivity contribution in [1.29, 1.82) is 0 Å². The highest BCUT2D eigenvalue weighted by Gasteiger charge is 2.66. The fourth-order valence-electron chi connectivity index (χ4n) is 5.31. The first kappa shape index (κ1) is 24.6. The van der Waals surface area contributed by atoms with Gasteiger partial charge >= 0.3 is 5.97 Å². The quantitative estimate of drug-likeness (QED) is 0.219. The molecule has 0 aromatic heterocycles. The first-order valence-electron chi connectivity index (χ1n) is 10.8. The number of carbonyl (C=O) groups excluding carboxylic acids is 2. The number of methoxy groups -OCH3 is 1. The Hall–Kier alpha value is -1.01. The topological polar surface area (TPSA) is 96.3 Å². The summed E-state index contributed by atoms with van der Waals surface area (Å²) in [4.78, 5) is 38.1. The molecule has 0 bridgehead atoms. The smallest absolute Gasteiger partial charge is 0.305 e. The number of carbonyl (C=O) groups is 2. The molecule has 1 amide bonds. The number of nitrogens with zero attached hydrogens (tertiary/aromatic N) is 1. The van der Waals surface area contributed by atoms with E-state index in [1.165, 1.54) is 7.11 Å². The number of ether oxygens (including phenoxy) is 2. The number of hydrogen-bond acceptors (Lipinski definition) is 6. The monoisotopic (exact) mass is 561 g/mol. The SMILES string of the molecule is COC(=O)CCCCN1C(=O)[C@@]2(O[C@@H](CCO)[C@H]([Si](C)(C)O)[C@H]2C)c2cc(I)ccc21. The number of amides is 1. The minimum atomic E-state index is -2.68. The third-order valence-corrected chi connectivity index (χ3v) is 9.77. The molecule has 172 valence electrons. The zero-order valence-corrected chi connectivity index (χ0v) is 21.7. The number of esters is 1. The van der Waals surface area contributed by atoms with E-state index in [0.717, 1.165) is 14.8 Å². The molecule has 31 heavy (non-hydrogen) atoms. The van der Waals surface area contributed by atoms with E-state index >= 15 is 0 Å². The summed E-state index contributed by atoms with van der Waals surface area (Å²) in [6.45, 7) is 6.17. The number of aliphatic hydroxyl groups excluding tert-OH is 1. The van der Waals surface area contributed by atoms with Crippen molar-refractivity contribution >= 4 is 48.5 Å². The predicted octanol–water partition coefficient (Wildman–Crippen LogP) is 3.16. The Morgan fingerprint density at radius 3 is 2.68 bits per heavy atom. The Bertz CT molecular complexity index is 844. The Kier molecular flexibility index (Phi) is 7.52. The lowest BCUT2D eigenvalue weighted by Crippen LogP contribution is -2.46. The van der Waals surface area contributed by atoms with Gasteiger partial charge in [0.05, 0.1) is 18.9 Å². The second-order valence-corrected chi connectivity index (χ2v) is 14.2. The van der Waals surface area contributed by atoms with Gasteiger partial charge in [0.2, 0.25) is 0 Å². The summed E-state index contributed by atoms with van der Waals surface area (Å²) in [5.41, 5.74) is 0.342. The molecule has 0 radical (unpaired) electrons. The van der Waals surface area contributed by atoms with E-state index in [-0.39, 0.29) is 36.0 Å². The lowest BCUT2D eigenvalue weighted by atomic mass is 9.82. The van der Waals surface area contributed by atoms with Crippen LogP contribution in [-0.4, -0.2) is 56.5 Å².